The third-order valence-electron chi connectivity index (χ3n) is 5.46. The molecule has 1 N–H and O–H groups in total. The van der Waals surface area contributed by atoms with E-state index in [2.05, 4.69) is 11.4 Å². The summed E-state index contributed by atoms with van der Waals surface area (Å²) in [4.78, 5) is 25.3. The molecule has 1 aliphatic rings. The highest BCUT2D eigenvalue weighted by atomic mass is 16.6. The minimum atomic E-state index is -0.440. The average molecular weight is 413 g/mol. The number of nitrogens with one attached hydrogen (secondary N) is 1. The number of fused-ring (bicyclic) bond motifs is 1. The molecule has 0 spiro atoms. The Kier molecular flexibility index (Phi) is 5.80. The summed E-state index contributed by atoms with van der Waals surface area (Å²) in [5.74, 6) is -0.114. The molecule has 0 bridgehead atoms. The number of nitro groups is 1. The van der Waals surface area contributed by atoms with E-state index >= 15 is 0 Å². The summed E-state index contributed by atoms with van der Waals surface area (Å²) in [6.07, 6.45) is 4.00. The Morgan fingerprint density at radius 2 is 1.71 bits per heavy atom. The van der Waals surface area contributed by atoms with Crippen LogP contribution in [0, 0.1) is 10.1 Å². The first kappa shape index (κ1) is 20.3. The Morgan fingerprint density at radius 3 is 2.42 bits per heavy atom. The standard InChI is InChI=1S/C25H23N3O3/c1-18-17-23(26-20-7-3-2-4-8-20)22-9-5-6-10-24(22)27(18)25(29)16-13-19-11-14-21(15-12-19)28(30)31/h2-16,18,23,26H,17H2,1H3/b16-13+/t18-,23-/m0/s1. The molecule has 3 aromatic carbocycles. The van der Waals surface area contributed by atoms with Crippen LogP contribution in [0.15, 0.2) is 84.9 Å². The molecule has 0 aromatic heterocycles. The first-order chi connectivity index (χ1) is 15.0. The van der Waals surface area contributed by atoms with Gasteiger partial charge in [-0.25, -0.2) is 0 Å². The Hall–Kier alpha value is -3.93. The van der Waals surface area contributed by atoms with Crippen molar-refractivity contribution in [2.24, 2.45) is 0 Å². The molecule has 6 heteroatoms. The van der Waals surface area contributed by atoms with Crippen LogP contribution in [-0.2, 0) is 4.79 Å². The molecular formula is C25H23N3O3. The first-order valence-electron chi connectivity index (χ1n) is 10.2. The average Bonchev–Trinajstić information content (AvgIpc) is 2.78. The summed E-state index contributed by atoms with van der Waals surface area (Å²) in [5, 5.41) is 14.4. The van der Waals surface area contributed by atoms with Crippen LogP contribution in [0.4, 0.5) is 17.1 Å². The van der Waals surface area contributed by atoms with Gasteiger partial charge >= 0.3 is 0 Å². The van der Waals surface area contributed by atoms with E-state index in [1.54, 1.807) is 18.2 Å². The van der Waals surface area contributed by atoms with Gasteiger partial charge in [0.2, 0.25) is 0 Å². The zero-order valence-corrected chi connectivity index (χ0v) is 17.1. The lowest BCUT2D eigenvalue weighted by Gasteiger charge is -2.39. The lowest BCUT2D eigenvalue weighted by Crippen LogP contribution is -2.43. The van der Waals surface area contributed by atoms with E-state index in [0.717, 1.165) is 28.9 Å². The second kappa shape index (κ2) is 8.83. The van der Waals surface area contributed by atoms with Crippen molar-refractivity contribution in [1.82, 2.24) is 0 Å². The molecular weight excluding hydrogens is 390 g/mol. The van der Waals surface area contributed by atoms with Crippen molar-refractivity contribution in [3.63, 3.8) is 0 Å². The van der Waals surface area contributed by atoms with Crippen LogP contribution in [0.1, 0.15) is 30.5 Å². The molecule has 4 rings (SSSR count). The Labute approximate surface area is 181 Å². The van der Waals surface area contributed by atoms with E-state index in [4.69, 9.17) is 0 Å². The Balaban J connectivity index is 1.56. The second-order valence-electron chi connectivity index (χ2n) is 7.60. The van der Waals surface area contributed by atoms with Gasteiger partial charge in [0, 0.05) is 35.6 Å². The van der Waals surface area contributed by atoms with Gasteiger partial charge < -0.3 is 10.2 Å². The van der Waals surface area contributed by atoms with Gasteiger partial charge in [-0.3, -0.25) is 14.9 Å². The highest BCUT2D eigenvalue weighted by molar-refractivity contribution is 6.05. The zero-order valence-electron chi connectivity index (χ0n) is 17.1. The molecule has 0 saturated heterocycles. The van der Waals surface area contributed by atoms with Crippen molar-refractivity contribution < 1.29 is 9.72 Å². The summed E-state index contributed by atoms with van der Waals surface area (Å²) in [7, 11) is 0. The van der Waals surface area contributed by atoms with Gasteiger partial charge in [0.05, 0.1) is 11.0 Å². The van der Waals surface area contributed by atoms with Gasteiger partial charge in [0.15, 0.2) is 0 Å². The fourth-order valence-corrected chi connectivity index (χ4v) is 3.98. The molecule has 156 valence electrons. The number of hydrogen-bond acceptors (Lipinski definition) is 4. The monoisotopic (exact) mass is 413 g/mol. The number of nitro benzene ring substituents is 1. The predicted molar refractivity (Wildman–Crippen MR) is 123 cm³/mol. The zero-order chi connectivity index (χ0) is 21.8. The maximum Gasteiger partial charge on any atom is 0.269 e. The van der Waals surface area contributed by atoms with Crippen LogP contribution in [0.2, 0.25) is 0 Å². The van der Waals surface area contributed by atoms with E-state index in [0.29, 0.717) is 0 Å². The van der Waals surface area contributed by atoms with E-state index in [9.17, 15) is 14.9 Å². The number of hydrogen-bond donors (Lipinski definition) is 1. The Morgan fingerprint density at radius 1 is 1.03 bits per heavy atom. The molecule has 31 heavy (non-hydrogen) atoms. The number of benzene rings is 3. The number of anilines is 2. The fourth-order valence-electron chi connectivity index (χ4n) is 3.98. The summed E-state index contributed by atoms with van der Waals surface area (Å²) in [5.41, 5.74) is 3.79. The molecule has 0 aliphatic carbocycles. The first-order valence-corrected chi connectivity index (χ1v) is 10.2. The van der Waals surface area contributed by atoms with Gasteiger partial charge in [-0.05, 0) is 60.9 Å². The number of rotatable bonds is 5. The lowest BCUT2D eigenvalue weighted by atomic mass is 9.91. The Bertz CT molecular complexity index is 1110. The molecule has 3 aromatic rings. The van der Waals surface area contributed by atoms with Crippen molar-refractivity contribution in [2.45, 2.75) is 25.4 Å². The van der Waals surface area contributed by atoms with Crippen LogP contribution in [0.3, 0.4) is 0 Å². The topological polar surface area (TPSA) is 75.5 Å². The lowest BCUT2D eigenvalue weighted by molar-refractivity contribution is -0.384. The van der Waals surface area contributed by atoms with Crippen LogP contribution in [0.5, 0.6) is 0 Å². The molecule has 0 fully saturated rings. The van der Waals surface area contributed by atoms with Crippen molar-refractivity contribution in [2.75, 3.05) is 10.2 Å². The minimum Gasteiger partial charge on any atom is -0.378 e. The van der Waals surface area contributed by atoms with Crippen molar-refractivity contribution in [3.8, 4) is 0 Å². The van der Waals surface area contributed by atoms with Gasteiger partial charge in [-0.1, -0.05) is 36.4 Å². The summed E-state index contributed by atoms with van der Waals surface area (Å²) in [6, 6.07) is 24.3. The SMILES string of the molecule is C[C@H]1C[C@H](Nc2ccccc2)c2ccccc2N1C(=O)/C=C/c1ccc([N+](=O)[O-])cc1. The van der Waals surface area contributed by atoms with Crippen LogP contribution < -0.4 is 10.2 Å². The quantitative estimate of drug-likeness (QED) is 0.336. The number of nitrogens with zero attached hydrogens (tertiary/aromatic N) is 2. The number of carbonyl (C=O) groups excluding carboxylic acids is 1. The maximum absolute atomic E-state index is 13.1. The maximum atomic E-state index is 13.1. The third-order valence-corrected chi connectivity index (χ3v) is 5.46. The number of para-hydroxylation sites is 2. The van der Waals surface area contributed by atoms with Crippen molar-refractivity contribution in [3.05, 3.63) is 106 Å². The molecule has 2 atom stereocenters. The minimum absolute atomic E-state index is 0.00474. The predicted octanol–water partition coefficient (Wildman–Crippen LogP) is 5.59. The number of carbonyl (C=O) groups is 1. The highest BCUT2D eigenvalue weighted by Crippen LogP contribution is 2.39. The molecule has 0 radical (unpaired) electrons. The fraction of sp³-hybridized carbons (Fsp3) is 0.160. The van der Waals surface area contributed by atoms with Crippen LogP contribution >= 0.6 is 0 Å². The smallest absolute Gasteiger partial charge is 0.269 e. The molecule has 6 nitrogen and oxygen atoms in total. The highest BCUT2D eigenvalue weighted by Gasteiger charge is 2.32. The molecule has 0 saturated carbocycles. The molecule has 1 amide bonds. The van der Waals surface area contributed by atoms with Crippen LogP contribution in [-0.4, -0.2) is 16.9 Å². The number of amides is 1. The third kappa shape index (κ3) is 4.48. The summed E-state index contributed by atoms with van der Waals surface area (Å²) < 4.78 is 0. The largest absolute Gasteiger partial charge is 0.378 e. The molecule has 1 aliphatic heterocycles. The van der Waals surface area contributed by atoms with Gasteiger partial charge in [0.25, 0.3) is 11.6 Å². The van der Waals surface area contributed by atoms with Gasteiger partial charge in [-0.2, -0.15) is 0 Å². The molecule has 0 unspecified atom stereocenters. The van der Waals surface area contributed by atoms with Crippen molar-refractivity contribution >= 4 is 29.0 Å². The summed E-state index contributed by atoms with van der Waals surface area (Å²) in [6.45, 7) is 2.05. The second-order valence-corrected chi connectivity index (χ2v) is 7.60. The van der Waals surface area contributed by atoms with E-state index in [1.165, 1.54) is 18.2 Å². The van der Waals surface area contributed by atoms with Crippen LogP contribution in [0.25, 0.3) is 6.08 Å². The van der Waals surface area contributed by atoms with E-state index in [-0.39, 0.29) is 23.7 Å². The van der Waals surface area contributed by atoms with Gasteiger partial charge in [0.1, 0.15) is 0 Å². The summed E-state index contributed by atoms with van der Waals surface area (Å²) >= 11 is 0. The van der Waals surface area contributed by atoms with Gasteiger partial charge in [-0.15, -0.1) is 0 Å². The van der Waals surface area contributed by atoms with E-state index < -0.39 is 4.92 Å². The van der Waals surface area contributed by atoms with E-state index in [1.807, 2.05) is 60.4 Å². The molecule has 1 heterocycles. The number of non-ortho nitro benzene ring substituents is 1. The van der Waals surface area contributed by atoms with Crippen molar-refractivity contribution in [1.29, 1.82) is 0 Å². The normalized spacial score (nSPS) is 17.9.